The summed E-state index contributed by atoms with van der Waals surface area (Å²) in [4.78, 5) is 27.9. The average molecular weight is 508 g/mol. The molecule has 0 saturated heterocycles. The molecule has 2 aromatic carbocycles. The highest BCUT2D eigenvalue weighted by atomic mass is 35.5. The van der Waals surface area contributed by atoms with E-state index in [0.717, 1.165) is 21.7 Å². The third kappa shape index (κ3) is 7.21. The van der Waals surface area contributed by atoms with Crippen LogP contribution in [-0.2, 0) is 26.2 Å². The van der Waals surface area contributed by atoms with Gasteiger partial charge >= 0.3 is 0 Å². The molecule has 0 spiro atoms. The molecule has 34 heavy (non-hydrogen) atoms. The number of sulfonamides is 1. The van der Waals surface area contributed by atoms with Crippen LogP contribution in [0.3, 0.4) is 0 Å². The number of halogens is 1. The number of hydrogen-bond donors (Lipinski definition) is 1. The molecule has 2 amide bonds. The second-order valence-corrected chi connectivity index (χ2v) is 10.8. The number of anilines is 1. The summed E-state index contributed by atoms with van der Waals surface area (Å²) >= 11 is 6.00. The Kier molecular flexibility index (Phi) is 9.94. The van der Waals surface area contributed by atoms with Crippen LogP contribution >= 0.6 is 11.6 Å². The van der Waals surface area contributed by atoms with E-state index in [4.69, 9.17) is 11.6 Å². The van der Waals surface area contributed by atoms with E-state index in [-0.39, 0.29) is 18.4 Å². The van der Waals surface area contributed by atoms with Gasteiger partial charge in [0.15, 0.2) is 0 Å². The van der Waals surface area contributed by atoms with Gasteiger partial charge < -0.3 is 10.2 Å². The van der Waals surface area contributed by atoms with Crippen molar-refractivity contribution in [1.29, 1.82) is 0 Å². The highest BCUT2D eigenvalue weighted by Gasteiger charge is 2.32. The van der Waals surface area contributed by atoms with Crippen molar-refractivity contribution in [3.05, 3.63) is 64.7 Å². The lowest BCUT2D eigenvalue weighted by Gasteiger charge is -2.33. The Morgan fingerprint density at radius 1 is 1.03 bits per heavy atom. The summed E-state index contributed by atoms with van der Waals surface area (Å²) in [7, 11) is -3.78. The molecule has 0 fully saturated rings. The number of carbonyl (C=O) groups is 2. The van der Waals surface area contributed by atoms with E-state index in [9.17, 15) is 18.0 Å². The summed E-state index contributed by atoms with van der Waals surface area (Å²) in [6, 6.07) is 13.4. The molecular weight excluding hydrogens is 474 g/mol. The lowest BCUT2D eigenvalue weighted by atomic mass is 10.0. The van der Waals surface area contributed by atoms with Crippen LogP contribution in [0.5, 0.6) is 0 Å². The molecule has 0 aliphatic carbocycles. The molecule has 0 aromatic heterocycles. The Hall–Kier alpha value is -2.58. The second kappa shape index (κ2) is 12.2. The first-order valence-corrected chi connectivity index (χ1v) is 13.6. The standard InChI is InChI=1S/C25H34ClN3O4S/c1-6-22(25(31)27-7-2)28(16-19-12-14-20(26)15-13-19)24(30)17-29(34(5,32)33)23-11-9-8-10-21(23)18(3)4/h8-15,18,22H,6-7,16-17H2,1-5H3,(H,27,31)/t22-/m0/s1. The van der Waals surface area contributed by atoms with E-state index in [0.29, 0.717) is 23.7 Å². The lowest BCUT2D eigenvalue weighted by Crippen LogP contribution is -2.52. The summed E-state index contributed by atoms with van der Waals surface area (Å²) in [5, 5.41) is 3.34. The molecule has 7 nitrogen and oxygen atoms in total. The predicted octanol–water partition coefficient (Wildman–Crippen LogP) is 4.17. The fourth-order valence-corrected chi connectivity index (χ4v) is 4.79. The normalized spacial score (nSPS) is 12.3. The molecule has 0 aliphatic rings. The Morgan fingerprint density at radius 2 is 1.65 bits per heavy atom. The molecule has 0 bridgehead atoms. The van der Waals surface area contributed by atoms with Crippen molar-refractivity contribution in [1.82, 2.24) is 10.2 Å². The van der Waals surface area contributed by atoms with Crippen molar-refractivity contribution in [3.8, 4) is 0 Å². The van der Waals surface area contributed by atoms with Gasteiger partial charge in [-0.15, -0.1) is 0 Å². The monoisotopic (exact) mass is 507 g/mol. The van der Waals surface area contributed by atoms with Crippen LogP contribution in [0.1, 0.15) is 51.2 Å². The van der Waals surface area contributed by atoms with Crippen molar-refractivity contribution in [2.75, 3.05) is 23.7 Å². The van der Waals surface area contributed by atoms with Gasteiger partial charge in [-0.3, -0.25) is 13.9 Å². The third-order valence-electron chi connectivity index (χ3n) is 5.51. The van der Waals surface area contributed by atoms with Crippen LogP contribution in [0.4, 0.5) is 5.69 Å². The maximum Gasteiger partial charge on any atom is 0.244 e. The van der Waals surface area contributed by atoms with Gasteiger partial charge in [0.05, 0.1) is 11.9 Å². The molecule has 0 radical (unpaired) electrons. The Bertz CT molecular complexity index is 1090. The minimum Gasteiger partial charge on any atom is -0.355 e. The molecule has 2 rings (SSSR count). The number of nitrogens with one attached hydrogen (secondary N) is 1. The van der Waals surface area contributed by atoms with Gasteiger partial charge in [0, 0.05) is 18.1 Å². The number of likely N-dealkylation sites (N-methyl/N-ethyl adjacent to an activating group) is 1. The van der Waals surface area contributed by atoms with Gasteiger partial charge in [0.2, 0.25) is 21.8 Å². The van der Waals surface area contributed by atoms with E-state index in [1.54, 1.807) is 36.4 Å². The summed E-state index contributed by atoms with van der Waals surface area (Å²) in [5.74, 6) is -0.683. The molecule has 186 valence electrons. The van der Waals surface area contributed by atoms with Crippen molar-refractivity contribution < 1.29 is 18.0 Å². The number of amides is 2. The first-order valence-electron chi connectivity index (χ1n) is 11.4. The number of rotatable bonds is 11. The molecule has 0 unspecified atom stereocenters. The largest absolute Gasteiger partial charge is 0.355 e. The minimum absolute atomic E-state index is 0.0550. The van der Waals surface area contributed by atoms with Crippen LogP contribution in [0.2, 0.25) is 5.02 Å². The number of carbonyl (C=O) groups excluding carboxylic acids is 2. The second-order valence-electron chi connectivity index (χ2n) is 8.45. The molecule has 1 atom stereocenters. The van der Waals surface area contributed by atoms with Crippen LogP contribution < -0.4 is 9.62 Å². The summed E-state index contributed by atoms with van der Waals surface area (Å²) in [5.41, 5.74) is 2.07. The van der Waals surface area contributed by atoms with Crippen molar-refractivity contribution in [2.24, 2.45) is 0 Å². The Labute approximate surface area is 208 Å². The van der Waals surface area contributed by atoms with Crippen LogP contribution in [0.25, 0.3) is 0 Å². The van der Waals surface area contributed by atoms with Crippen LogP contribution in [0, 0.1) is 0 Å². The zero-order valence-electron chi connectivity index (χ0n) is 20.4. The van der Waals surface area contributed by atoms with Gasteiger partial charge in [-0.05, 0) is 48.6 Å². The van der Waals surface area contributed by atoms with Crippen LogP contribution in [0.15, 0.2) is 48.5 Å². The van der Waals surface area contributed by atoms with E-state index in [2.05, 4.69) is 5.32 Å². The van der Waals surface area contributed by atoms with Gasteiger partial charge in [0.1, 0.15) is 12.6 Å². The topological polar surface area (TPSA) is 86.8 Å². The SMILES string of the molecule is CCNC(=O)[C@H](CC)N(Cc1ccc(Cl)cc1)C(=O)CN(c1ccccc1C(C)C)S(C)(=O)=O. The Morgan fingerprint density at radius 3 is 2.18 bits per heavy atom. The number of nitrogens with zero attached hydrogens (tertiary/aromatic N) is 2. The first kappa shape index (κ1) is 27.7. The average Bonchev–Trinajstić information content (AvgIpc) is 2.78. The minimum atomic E-state index is -3.78. The molecule has 0 aliphatic heterocycles. The van der Waals surface area contributed by atoms with Gasteiger partial charge in [-0.25, -0.2) is 8.42 Å². The zero-order chi connectivity index (χ0) is 25.5. The summed E-state index contributed by atoms with van der Waals surface area (Å²) < 4.78 is 26.7. The quantitative estimate of drug-likeness (QED) is 0.494. The van der Waals surface area contributed by atoms with E-state index >= 15 is 0 Å². The molecule has 0 saturated carbocycles. The number of para-hydroxylation sites is 1. The predicted molar refractivity (Wildman–Crippen MR) is 137 cm³/mol. The molecule has 1 N–H and O–H groups in total. The third-order valence-corrected chi connectivity index (χ3v) is 6.89. The molecule has 2 aromatic rings. The van der Waals surface area contributed by atoms with Crippen molar-refractivity contribution in [3.63, 3.8) is 0 Å². The van der Waals surface area contributed by atoms with Gasteiger partial charge in [-0.2, -0.15) is 0 Å². The first-order chi connectivity index (χ1) is 16.0. The van der Waals surface area contributed by atoms with E-state index < -0.39 is 28.5 Å². The van der Waals surface area contributed by atoms with Crippen molar-refractivity contribution >= 4 is 39.1 Å². The highest BCUT2D eigenvalue weighted by molar-refractivity contribution is 7.92. The van der Waals surface area contributed by atoms with Gasteiger partial charge in [0.25, 0.3) is 0 Å². The molecular formula is C25H34ClN3O4S. The molecule has 0 heterocycles. The maximum atomic E-state index is 13.6. The highest BCUT2D eigenvalue weighted by Crippen LogP contribution is 2.29. The Balaban J connectivity index is 2.48. The van der Waals surface area contributed by atoms with Crippen LogP contribution in [-0.4, -0.2) is 50.5 Å². The number of hydrogen-bond acceptors (Lipinski definition) is 4. The smallest absolute Gasteiger partial charge is 0.244 e. The van der Waals surface area contributed by atoms with E-state index in [1.165, 1.54) is 4.90 Å². The van der Waals surface area contributed by atoms with E-state index in [1.807, 2.05) is 39.8 Å². The lowest BCUT2D eigenvalue weighted by molar-refractivity contribution is -0.140. The number of benzene rings is 2. The maximum absolute atomic E-state index is 13.6. The zero-order valence-corrected chi connectivity index (χ0v) is 22.0. The summed E-state index contributed by atoms with van der Waals surface area (Å²) in [6.45, 7) is 7.73. The van der Waals surface area contributed by atoms with Gasteiger partial charge in [-0.1, -0.05) is 62.7 Å². The molecule has 9 heteroatoms. The summed E-state index contributed by atoms with van der Waals surface area (Å²) in [6.07, 6.45) is 1.47. The fraction of sp³-hybridized carbons (Fsp3) is 0.440. The fourth-order valence-electron chi connectivity index (χ4n) is 3.80. The van der Waals surface area contributed by atoms with Crippen molar-refractivity contribution in [2.45, 2.75) is 52.6 Å².